The van der Waals surface area contributed by atoms with Gasteiger partial charge in [0.25, 0.3) is 5.69 Å². The maximum atomic E-state index is 10.7. The first-order chi connectivity index (χ1) is 13.7. The van der Waals surface area contributed by atoms with E-state index in [4.69, 9.17) is 0 Å². The van der Waals surface area contributed by atoms with Crippen molar-refractivity contribution in [3.63, 3.8) is 0 Å². The molecule has 3 heteroatoms. The largest absolute Gasteiger partial charge is 0.284 e. The number of pyridine rings is 1. The summed E-state index contributed by atoms with van der Waals surface area (Å²) in [6.45, 7) is 1.93. The van der Waals surface area contributed by atoms with Gasteiger partial charge in [0.15, 0.2) is 6.16 Å². The van der Waals surface area contributed by atoms with E-state index in [0.29, 0.717) is 0 Å². The molecule has 4 aromatic rings. The summed E-state index contributed by atoms with van der Waals surface area (Å²) >= 11 is 0. The van der Waals surface area contributed by atoms with Crippen LogP contribution in [-0.2, 0) is 6.16 Å². The maximum Gasteiger partial charge on any atom is 0.272 e. The Morgan fingerprint density at radius 2 is 1.04 bits per heavy atom. The summed E-state index contributed by atoms with van der Waals surface area (Å²) < 4.78 is 1.34. The molecule has 4 rings (SSSR count). The highest BCUT2D eigenvalue weighted by Crippen LogP contribution is 2.57. The van der Waals surface area contributed by atoms with Crippen LogP contribution in [0.4, 0.5) is 0 Å². The number of nitrogens with zero attached hydrogens (tertiary/aromatic N) is 1. The van der Waals surface area contributed by atoms with Crippen molar-refractivity contribution in [3.8, 4) is 0 Å². The van der Waals surface area contributed by atoms with Gasteiger partial charge >= 0.3 is 0 Å². The lowest BCUT2D eigenvalue weighted by Gasteiger charge is -2.26. The van der Waals surface area contributed by atoms with E-state index in [1.807, 2.05) is 25.1 Å². The van der Waals surface area contributed by atoms with Gasteiger partial charge in [0.2, 0.25) is 5.69 Å². The summed E-state index contributed by atoms with van der Waals surface area (Å²) in [7, 11) is -2.00. The Hall–Kier alpha value is -2.96. The van der Waals surface area contributed by atoms with Crippen LogP contribution < -0.4 is 20.6 Å². The molecule has 0 fully saturated rings. The van der Waals surface area contributed by atoms with Crippen molar-refractivity contribution in [1.29, 1.82) is 0 Å². The number of hydrogen-bond donors (Lipinski definition) is 1. The van der Waals surface area contributed by atoms with Crippen LogP contribution in [0, 0.1) is 6.92 Å². The Morgan fingerprint density at radius 1 is 0.607 bits per heavy atom. The zero-order valence-electron chi connectivity index (χ0n) is 15.9. The first kappa shape index (κ1) is 18.4. The number of rotatable bonds is 5. The summed E-state index contributed by atoms with van der Waals surface area (Å²) in [5.74, 6) is 0. The standard InChI is InChI=1S/C25H24NOP/c1-21-12-11-13-22(26(21)27)20-28(23-14-5-2-6-15-23,24-16-7-3-8-17-24)25-18-9-4-10-19-25/h2-19,27H,20H2,1H3/q+2. The Morgan fingerprint density at radius 3 is 1.46 bits per heavy atom. The van der Waals surface area contributed by atoms with Gasteiger partial charge in [-0.25, -0.2) is 0 Å². The Labute approximate surface area is 167 Å². The Balaban J connectivity index is 2.02. The maximum absolute atomic E-state index is 10.7. The monoisotopic (exact) mass is 385 g/mol. The van der Waals surface area contributed by atoms with Crippen molar-refractivity contribution in [3.05, 3.63) is 121 Å². The SMILES string of the molecule is Cc1cccc(C[P+](c2ccccc2)(c2ccccc2)c2ccccc2)[n+]1O. The van der Waals surface area contributed by atoms with Crippen LogP contribution in [-0.4, -0.2) is 5.21 Å². The molecule has 138 valence electrons. The quantitative estimate of drug-likeness (QED) is 0.313. The molecule has 2 nitrogen and oxygen atoms in total. The molecule has 0 aliphatic rings. The third-order valence-corrected chi connectivity index (χ3v) is 9.56. The fourth-order valence-electron chi connectivity index (χ4n) is 3.80. The van der Waals surface area contributed by atoms with Crippen LogP contribution in [0.25, 0.3) is 0 Å². The highest BCUT2D eigenvalue weighted by atomic mass is 31.2. The number of aryl methyl sites for hydroxylation is 1. The molecule has 0 saturated carbocycles. The van der Waals surface area contributed by atoms with E-state index in [2.05, 4.69) is 91.0 Å². The molecule has 1 N–H and O–H groups in total. The first-order valence-corrected chi connectivity index (χ1v) is 11.4. The lowest BCUT2D eigenvalue weighted by molar-refractivity contribution is -0.913. The Kier molecular flexibility index (Phi) is 5.23. The van der Waals surface area contributed by atoms with E-state index in [1.165, 1.54) is 20.6 Å². The van der Waals surface area contributed by atoms with Crippen molar-refractivity contribution in [2.45, 2.75) is 13.1 Å². The molecule has 0 atom stereocenters. The third-order valence-electron chi connectivity index (χ3n) is 5.22. The molecule has 0 radical (unpaired) electrons. The molecular formula is C25H24NOP+2. The molecule has 28 heavy (non-hydrogen) atoms. The highest BCUT2D eigenvalue weighted by Gasteiger charge is 2.48. The predicted molar refractivity (Wildman–Crippen MR) is 117 cm³/mol. The van der Waals surface area contributed by atoms with Crippen LogP contribution >= 0.6 is 7.26 Å². The topological polar surface area (TPSA) is 24.1 Å². The van der Waals surface area contributed by atoms with Crippen molar-refractivity contribution in [1.82, 2.24) is 0 Å². The summed E-state index contributed by atoms with van der Waals surface area (Å²) in [4.78, 5) is 0. The van der Waals surface area contributed by atoms with E-state index < -0.39 is 7.26 Å². The van der Waals surface area contributed by atoms with Crippen LogP contribution in [0.2, 0.25) is 0 Å². The minimum absolute atomic E-state index is 0.753. The molecule has 0 aliphatic heterocycles. The van der Waals surface area contributed by atoms with Crippen molar-refractivity contribution in [2.75, 3.05) is 0 Å². The molecule has 0 bridgehead atoms. The van der Waals surface area contributed by atoms with Gasteiger partial charge in [-0.2, -0.15) is 0 Å². The predicted octanol–water partition coefficient (Wildman–Crippen LogP) is 4.01. The number of aromatic nitrogens is 1. The third kappa shape index (κ3) is 3.32. The molecule has 3 aromatic carbocycles. The van der Waals surface area contributed by atoms with Gasteiger partial charge < -0.3 is 0 Å². The second-order valence-electron chi connectivity index (χ2n) is 6.94. The van der Waals surface area contributed by atoms with Crippen molar-refractivity contribution < 1.29 is 9.94 Å². The molecule has 0 unspecified atom stereocenters. The molecule has 1 heterocycles. The normalized spacial score (nSPS) is 11.3. The second-order valence-corrected chi connectivity index (χ2v) is 10.4. The van der Waals surface area contributed by atoms with Gasteiger partial charge in [0, 0.05) is 23.8 Å². The van der Waals surface area contributed by atoms with E-state index in [9.17, 15) is 5.21 Å². The molecule has 0 spiro atoms. The summed E-state index contributed by atoms with van der Waals surface area (Å²) in [6.07, 6.45) is 0.753. The van der Waals surface area contributed by atoms with Crippen LogP contribution in [0.1, 0.15) is 11.4 Å². The summed E-state index contributed by atoms with van der Waals surface area (Å²) in [5, 5.41) is 14.7. The average Bonchev–Trinajstić information content (AvgIpc) is 2.77. The second kappa shape index (κ2) is 7.96. The van der Waals surface area contributed by atoms with E-state index in [1.54, 1.807) is 0 Å². The summed E-state index contributed by atoms with van der Waals surface area (Å²) in [6, 6.07) is 38.2. The smallest absolute Gasteiger partial charge is 0.272 e. The van der Waals surface area contributed by atoms with Crippen LogP contribution in [0.3, 0.4) is 0 Å². The van der Waals surface area contributed by atoms with E-state index in [-0.39, 0.29) is 0 Å². The lowest BCUT2D eigenvalue weighted by atomic mass is 10.3. The van der Waals surface area contributed by atoms with Gasteiger partial charge in [0.05, 0.1) is 0 Å². The minimum Gasteiger partial charge on any atom is -0.284 e. The van der Waals surface area contributed by atoms with Gasteiger partial charge in [0.1, 0.15) is 23.2 Å². The molecule has 0 aliphatic carbocycles. The average molecular weight is 385 g/mol. The van der Waals surface area contributed by atoms with Crippen LogP contribution in [0.5, 0.6) is 0 Å². The van der Waals surface area contributed by atoms with E-state index >= 15 is 0 Å². The molecule has 1 aromatic heterocycles. The first-order valence-electron chi connectivity index (χ1n) is 9.46. The van der Waals surface area contributed by atoms with Crippen molar-refractivity contribution in [2.24, 2.45) is 0 Å². The van der Waals surface area contributed by atoms with Gasteiger partial charge in [-0.3, -0.25) is 5.21 Å². The summed E-state index contributed by atoms with van der Waals surface area (Å²) in [5.41, 5.74) is 1.76. The fraction of sp³-hybridized carbons (Fsp3) is 0.0800. The zero-order chi connectivity index (χ0) is 19.4. The number of benzene rings is 3. The zero-order valence-corrected chi connectivity index (χ0v) is 16.8. The van der Waals surface area contributed by atoms with Gasteiger partial charge in [-0.1, -0.05) is 54.6 Å². The number of hydrogen-bond acceptors (Lipinski definition) is 1. The van der Waals surface area contributed by atoms with E-state index in [0.717, 1.165) is 17.5 Å². The lowest BCUT2D eigenvalue weighted by Crippen LogP contribution is -2.41. The highest BCUT2D eigenvalue weighted by molar-refractivity contribution is 7.95. The molecular weight excluding hydrogens is 361 g/mol. The van der Waals surface area contributed by atoms with Gasteiger partial charge in [-0.05, 0) is 42.5 Å². The van der Waals surface area contributed by atoms with Crippen LogP contribution in [0.15, 0.2) is 109 Å². The molecule has 0 saturated heterocycles. The fourth-order valence-corrected chi connectivity index (χ4v) is 8.01. The van der Waals surface area contributed by atoms with Gasteiger partial charge in [-0.15, -0.1) is 0 Å². The van der Waals surface area contributed by atoms with Crippen molar-refractivity contribution >= 4 is 23.2 Å². The Bertz CT molecular complexity index is 953. The molecule has 0 amide bonds. The minimum atomic E-state index is -2.00.